The number of rotatable bonds is 4. The minimum absolute atomic E-state index is 0.0989. The van der Waals surface area contributed by atoms with Crippen LogP contribution in [0.4, 0.5) is 0 Å². The number of aromatic nitrogens is 1. The summed E-state index contributed by atoms with van der Waals surface area (Å²) in [4.78, 5) is 4.21. The maximum Gasteiger partial charge on any atom is 0.137 e. The maximum atomic E-state index is 5.79. The molecule has 4 heteroatoms. The molecular weight excluding hydrogens is 250 g/mol. The average molecular weight is 271 g/mol. The fourth-order valence-corrected chi connectivity index (χ4v) is 2.70. The summed E-state index contributed by atoms with van der Waals surface area (Å²) in [7, 11) is 1.63. The Morgan fingerprint density at radius 1 is 1.10 bits per heavy atom. The van der Waals surface area contributed by atoms with Crippen molar-refractivity contribution in [2.45, 2.75) is 26.8 Å². The van der Waals surface area contributed by atoms with E-state index in [4.69, 9.17) is 10.6 Å². The van der Waals surface area contributed by atoms with Gasteiger partial charge in [0.05, 0.1) is 19.3 Å². The van der Waals surface area contributed by atoms with Gasteiger partial charge < -0.3 is 4.74 Å². The third-order valence-corrected chi connectivity index (χ3v) is 3.50. The van der Waals surface area contributed by atoms with E-state index in [9.17, 15) is 0 Å². The standard InChI is InChI=1S/C16H21N3O/c1-10-5-11(2)15(12(3)6-10)16(19-17)13-7-14(20-4)9-18-8-13/h5-9,16,19H,17H2,1-4H3. The van der Waals surface area contributed by atoms with E-state index in [1.54, 1.807) is 13.3 Å². The molecule has 2 rings (SSSR count). The molecule has 20 heavy (non-hydrogen) atoms. The monoisotopic (exact) mass is 271 g/mol. The lowest BCUT2D eigenvalue weighted by atomic mass is 9.91. The number of ether oxygens (including phenoxy) is 1. The van der Waals surface area contributed by atoms with Crippen LogP contribution in [0.25, 0.3) is 0 Å². The van der Waals surface area contributed by atoms with Gasteiger partial charge in [0, 0.05) is 6.20 Å². The Hall–Kier alpha value is -1.91. The highest BCUT2D eigenvalue weighted by molar-refractivity contribution is 5.44. The Morgan fingerprint density at radius 2 is 1.75 bits per heavy atom. The van der Waals surface area contributed by atoms with E-state index >= 15 is 0 Å². The zero-order valence-corrected chi connectivity index (χ0v) is 12.4. The number of aryl methyl sites for hydroxylation is 3. The van der Waals surface area contributed by atoms with Crippen molar-refractivity contribution in [2.75, 3.05) is 7.11 Å². The molecule has 0 fully saturated rings. The highest BCUT2D eigenvalue weighted by atomic mass is 16.5. The van der Waals surface area contributed by atoms with Crippen molar-refractivity contribution >= 4 is 0 Å². The number of hydrogen-bond donors (Lipinski definition) is 2. The predicted molar refractivity (Wildman–Crippen MR) is 80.6 cm³/mol. The molecule has 0 bridgehead atoms. The summed E-state index contributed by atoms with van der Waals surface area (Å²) < 4.78 is 5.23. The summed E-state index contributed by atoms with van der Waals surface area (Å²) in [5, 5.41) is 0. The minimum atomic E-state index is -0.0989. The Balaban J connectivity index is 2.52. The summed E-state index contributed by atoms with van der Waals surface area (Å²) in [5.41, 5.74) is 8.75. The lowest BCUT2D eigenvalue weighted by Crippen LogP contribution is -2.30. The van der Waals surface area contributed by atoms with Gasteiger partial charge in [0.1, 0.15) is 5.75 Å². The quantitative estimate of drug-likeness (QED) is 0.663. The number of nitrogens with one attached hydrogen (secondary N) is 1. The van der Waals surface area contributed by atoms with Gasteiger partial charge in [-0.15, -0.1) is 0 Å². The highest BCUT2D eigenvalue weighted by Crippen LogP contribution is 2.29. The second-order valence-corrected chi connectivity index (χ2v) is 5.07. The van der Waals surface area contributed by atoms with Crippen molar-refractivity contribution in [1.29, 1.82) is 0 Å². The summed E-state index contributed by atoms with van der Waals surface area (Å²) in [6.45, 7) is 6.31. The number of hydrogen-bond acceptors (Lipinski definition) is 4. The lowest BCUT2D eigenvalue weighted by Gasteiger charge is -2.22. The van der Waals surface area contributed by atoms with E-state index in [0.717, 1.165) is 11.3 Å². The zero-order valence-electron chi connectivity index (χ0n) is 12.4. The van der Waals surface area contributed by atoms with E-state index in [2.05, 4.69) is 43.3 Å². The van der Waals surface area contributed by atoms with E-state index in [0.29, 0.717) is 0 Å². The van der Waals surface area contributed by atoms with Gasteiger partial charge in [0.25, 0.3) is 0 Å². The van der Waals surface area contributed by atoms with Gasteiger partial charge >= 0.3 is 0 Å². The third kappa shape index (κ3) is 2.81. The molecule has 0 spiro atoms. The van der Waals surface area contributed by atoms with E-state index in [1.165, 1.54) is 22.3 Å². The number of benzene rings is 1. The van der Waals surface area contributed by atoms with Gasteiger partial charge in [0.15, 0.2) is 0 Å². The molecule has 1 aromatic heterocycles. The van der Waals surface area contributed by atoms with E-state index in [-0.39, 0.29) is 6.04 Å². The highest BCUT2D eigenvalue weighted by Gasteiger charge is 2.18. The van der Waals surface area contributed by atoms with Crippen molar-refractivity contribution in [3.8, 4) is 5.75 Å². The van der Waals surface area contributed by atoms with Crippen LogP contribution in [0.15, 0.2) is 30.6 Å². The molecule has 0 aliphatic heterocycles. The molecule has 1 unspecified atom stereocenters. The van der Waals surface area contributed by atoms with Crippen LogP contribution >= 0.6 is 0 Å². The van der Waals surface area contributed by atoms with Crippen LogP contribution in [0.5, 0.6) is 5.75 Å². The number of methoxy groups -OCH3 is 1. The number of hydrazine groups is 1. The zero-order chi connectivity index (χ0) is 14.7. The topological polar surface area (TPSA) is 60.2 Å². The average Bonchev–Trinajstić information content (AvgIpc) is 2.42. The Morgan fingerprint density at radius 3 is 2.30 bits per heavy atom. The second kappa shape index (κ2) is 6.03. The molecule has 0 aliphatic rings. The first kappa shape index (κ1) is 14.5. The molecule has 3 N–H and O–H groups in total. The second-order valence-electron chi connectivity index (χ2n) is 5.07. The van der Waals surface area contributed by atoms with Crippen LogP contribution in [0.2, 0.25) is 0 Å². The van der Waals surface area contributed by atoms with Gasteiger partial charge in [0.2, 0.25) is 0 Å². The van der Waals surface area contributed by atoms with Crippen LogP contribution in [0, 0.1) is 20.8 Å². The number of nitrogens with two attached hydrogens (primary N) is 1. The molecule has 2 aromatic rings. The molecule has 0 saturated heterocycles. The van der Waals surface area contributed by atoms with Crippen LogP contribution in [0.1, 0.15) is 33.9 Å². The molecule has 1 atom stereocenters. The maximum absolute atomic E-state index is 5.79. The largest absolute Gasteiger partial charge is 0.495 e. The van der Waals surface area contributed by atoms with Crippen molar-refractivity contribution < 1.29 is 4.74 Å². The first-order valence-corrected chi connectivity index (χ1v) is 6.59. The first-order chi connectivity index (χ1) is 9.56. The lowest BCUT2D eigenvalue weighted by molar-refractivity contribution is 0.411. The molecule has 106 valence electrons. The Bertz CT molecular complexity index is 587. The fourth-order valence-electron chi connectivity index (χ4n) is 2.70. The van der Waals surface area contributed by atoms with Crippen LogP contribution in [-0.2, 0) is 0 Å². The van der Waals surface area contributed by atoms with Gasteiger partial charge in [-0.1, -0.05) is 17.7 Å². The Kier molecular flexibility index (Phi) is 4.37. The van der Waals surface area contributed by atoms with Crippen molar-refractivity contribution in [3.63, 3.8) is 0 Å². The van der Waals surface area contributed by atoms with Gasteiger partial charge in [-0.25, -0.2) is 5.43 Å². The first-order valence-electron chi connectivity index (χ1n) is 6.59. The number of nitrogens with zero attached hydrogens (tertiary/aromatic N) is 1. The van der Waals surface area contributed by atoms with Crippen LogP contribution in [0.3, 0.4) is 0 Å². The molecule has 0 saturated carbocycles. The van der Waals surface area contributed by atoms with Gasteiger partial charge in [-0.05, 0) is 49.1 Å². The summed E-state index contributed by atoms with van der Waals surface area (Å²) >= 11 is 0. The van der Waals surface area contributed by atoms with Gasteiger partial charge in [-0.3, -0.25) is 10.8 Å². The normalized spacial score (nSPS) is 12.2. The molecular formula is C16H21N3O. The minimum Gasteiger partial charge on any atom is -0.495 e. The van der Waals surface area contributed by atoms with E-state index in [1.807, 2.05) is 12.3 Å². The number of pyridine rings is 1. The smallest absolute Gasteiger partial charge is 0.137 e. The fraction of sp³-hybridized carbons (Fsp3) is 0.312. The predicted octanol–water partition coefficient (Wildman–Crippen LogP) is 2.57. The summed E-state index contributed by atoms with van der Waals surface area (Å²) in [5.74, 6) is 6.51. The Labute approximate surface area is 120 Å². The summed E-state index contributed by atoms with van der Waals surface area (Å²) in [6, 6.07) is 6.19. The molecule has 0 aliphatic carbocycles. The van der Waals surface area contributed by atoms with E-state index < -0.39 is 0 Å². The molecule has 1 heterocycles. The SMILES string of the molecule is COc1cncc(C(NN)c2c(C)cc(C)cc2C)c1. The van der Waals surface area contributed by atoms with Crippen LogP contribution < -0.4 is 16.0 Å². The van der Waals surface area contributed by atoms with Crippen molar-refractivity contribution in [1.82, 2.24) is 10.4 Å². The molecule has 0 amide bonds. The van der Waals surface area contributed by atoms with Crippen molar-refractivity contribution in [2.24, 2.45) is 5.84 Å². The molecule has 0 radical (unpaired) electrons. The molecule has 1 aromatic carbocycles. The summed E-state index contributed by atoms with van der Waals surface area (Å²) in [6.07, 6.45) is 3.50. The van der Waals surface area contributed by atoms with Crippen molar-refractivity contribution in [3.05, 3.63) is 58.4 Å². The third-order valence-electron chi connectivity index (χ3n) is 3.50. The van der Waals surface area contributed by atoms with Crippen LogP contribution in [-0.4, -0.2) is 12.1 Å². The van der Waals surface area contributed by atoms with Gasteiger partial charge in [-0.2, -0.15) is 0 Å². The molecule has 4 nitrogen and oxygen atoms in total.